The van der Waals surface area contributed by atoms with Gasteiger partial charge in [-0.2, -0.15) is 0 Å². The Labute approximate surface area is 148 Å². The van der Waals surface area contributed by atoms with E-state index in [4.69, 9.17) is 0 Å². The van der Waals surface area contributed by atoms with Gasteiger partial charge in [-0.3, -0.25) is 14.9 Å². The smallest absolute Gasteiger partial charge is 0.271 e. The number of hydrogen-bond acceptors (Lipinski definition) is 5. The largest absolute Gasteiger partial charge is 0.333 e. The van der Waals surface area contributed by atoms with Crippen molar-refractivity contribution in [1.29, 1.82) is 0 Å². The molecule has 0 spiro atoms. The first-order chi connectivity index (χ1) is 11.9. The number of carbonyl (C=O) groups excluding carboxylic acids is 1. The lowest BCUT2D eigenvalue weighted by Gasteiger charge is -2.07. The van der Waals surface area contributed by atoms with E-state index in [2.05, 4.69) is 15.3 Å². The van der Waals surface area contributed by atoms with Crippen LogP contribution in [0.1, 0.15) is 11.1 Å². The maximum Gasteiger partial charge on any atom is 0.271 e. The minimum Gasteiger partial charge on any atom is -0.333 e. The van der Waals surface area contributed by atoms with Gasteiger partial charge >= 0.3 is 0 Å². The number of nitrogens with zero attached hydrogens (tertiary/aromatic N) is 2. The van der Waals surface area contributed by atoms with Crippen LogP contribution in [0.3, 0.4) is 0 Å². The van der Waals surface area contributed by atoms with Gasteiger partial charge in [0.15, 0.2) is 5.16 Å². The second-order valence-electron chi connectivity index (χ2n) is 5.64. The van der Waals surface area contributed by atoms with Crippen LogP contribution in [0.2, 0.25) is 0 Å². The van der Waals surface area contributed by atoms with E-state index < -0.39 is 4.92 Å². The van der Waals surface area contributed by atoms with E-state index in [-0.39, 0.29) is 17.3 Å². The average molecular weight is 356 g/mol. The SMILES string of the molecule is Cc1ccc(NC(=O)CSc2nc3ccc([N+](=O)[O-])cc3[nH]2)cc1C. The van der Waals surface area contributed by atoms with Gasteiger partial charge in [0.1, 0.15) is 0 Å². The number of H-pyrrole nitrogens is 1. The molecule has 0 aliphatic carbocycles. The zero-order chi connectivity index (χ0) is 18.0. The number of fused-ring (bicyclic) bond motifs is 1. The number of aromatic nitrogens is 2. The Morgan fingerprint density at radius 2 is 2.04 bits per heavy atom. The molecule has 8 heteroatoms. The lowest BCUT2D eigenvalue weighted by atomic mass is 10.1. The number of anilines is 1. The highest BCUT2D eigenvalue weighted by Crippen LogP contribution is 2.23. The Kier molecular flexibility index (Phi) is 4.71. The molecule has 128 valence electrons. The van der Waals surface area contributed by atoms with Crippen molar-refractivity contribution in [1.82, 2.24) is 9.97 Å². The molecule has 1 amide bonds. The van der Waals surface area contributed by atoms with Crippen LogP contribution in [-0.2, 0) is 4.79 Å². The van der Waals surface area contributed by atoms with E-state index in [1.54, 1.807) is 6.07 Å². The van der Waals surface area contributed by atoms with Crippen LogP contribution in [0.5, 0.6) is 0 Å². The summed E-state index contributed by atoms with van der Waals surface area (Å²) in [5, 5.41) is 14.2. The highest BCUT2D eigenvalue weighted by Gasteiger charge is 2.11. The molecule has 1 heterocycles. The maximum absolute atomic E-state index is 12.1. The van der Waals surface area contributed by atoms with Crippen molar-refractivity contribution in [2.75, 3.05) is 11.1 Å². The van der Waals surface area contributed by atoms with E-state index in [1.807, 2.05) is 32.0 Å². The van der Waals surface area contributed by atoms with E-state index in [1.165, 1.54) is 29.5 Å². The van der Waals surface area contributed by atoms with Crippen LogP contribution in [0.25, 0.3) is 11.0 Å². The number of nitro benzene ring substituents is 1. The van der Waals surface area contributed by atoms with Gasteiger partial charge in [-0.1, -0.05) is 17.8 Å². The zero-order valence-electron chi connectivity index (χ0n) is 13.7. The Morgan fingerprint density at radius 1 is 1.24 bits per heavy atom. The number of aryl methyl sites for hydroxylation is 2. The van der Waals surface area contributed by atoms with Crippen molar-refractivity contribution >= 4 is 40.1 Å². The minimum atomic E-state index is -0.454. The Hall–Kier alpha value is -2.87. The van der Waals surface area contributed by atoms with Crippen LogP contribution in [0, 0.1) is 24.0 Å². The van der Waals surface area contributed by atoms with Crippen molar-refractivity contribution in [2.24, 2.45) is 0 Å². The summed E-state index contributed by atoms with van der Waals surface area (Å²) in [4.78, 5) is 29.7. The van der Waals surface area contributed by atoms with Crippen LogP contribution in [0.4, 0.5) is 11.4 Å². The molecule has 0 bridgehead atoms. The normalized spacial score (nSPS) is 10.8. The number of aromatic amines is 1. The van der Waals surface area contributed by atoms with Gasteiger partial charge in [-0.05, 0) is 43.2 Å². The molecule has 25 heavy (non-hydrogen) atoms. The van der Waals surface area contributed by atoms with E-state index in [9.17, 15) is 14.9 Å². The highest BCUT2D eigenvalue weighted by molar-refractivity contribution is 7.99. The summed E-state index contributed by atoms with van der Waals surface area (Å²) >= 11 is 1.25. The molecular weight excluding hydrogens is 340 g/mol. The third-order valence-electron chi connectivity index (χ3n) is 3.79. The third kappa shape index (κ3) is 3.97. The lowest BCUT2D eigenvalue weighted by Crippen LogP contribution is -2.14. The molecule has 2 N–H and O–H groups in total. The van der Waals surface area contributed by atoms with Crippen molar-refractivity contribution in [3.8, 4) is 0 Å². The summed E-state index contributed by atoms with van der Waals surface area (Å²) in [5.74, 6) is 0.0501. The zero-order valence-corrected chi connectivity index (χ0v) is 14.5. The third-order valence-corrected chi connectivity index (χ3v) is 4.66. The first-order valence-corrected chi connectivity index (χ1v) is 8.55. The number of non-ortho nitro benzene ring substituents is 1. The fourth-order valence-electron chi connectivity index (χ4n) is 2.31. The molecular formula is C17H16N4O3S. The molecule has 0 aliphatic heterocycles. The molecule has 2 aromatic carbocycles. The molecule has 0 saturated heterocycles. The summed E-state index contributed by atoms with van der Waals surface area (Å²) in [7, 11) is 0. The average Bonchev–Trinajstić information content (AvgIpc) is 2.98. The second kappa shape index (κ2) is 6.94. The number of benzene rings is 2. The number of amides is 1. The van der Waals surface area contributed by atoms with Crippen LogP contribution >= 0.6 is 11.8 Å². The van der Waals surface area contributed by atoms with Crippen molar-refractivity contribution in [2.45, 2.75) is 19.0 Å². The maximum atomic E-state index is 12.1. The fraction of sp³-hybridized carbons (Fsp3) is 0.176. The quantitative estimate of drug-likeness (QED) is 0.411. The van der Waals surface area contributed by atoms with Gasteiger partial charge in [0.05, 0.1) is 21.7 Å². The van der Waals surface area contributed by atoms with Crippen molar-refractivity contribution < 1.29 is 9.72 Å². The molecule has 0 atom stereocenters. The van der Waals surface area contributed by atoms with E-state index in [0.717, 1.165) is 11.3 Å². The molecule has 0 radical (unpaired) electrons. The molecule has 3 aromatic rings. The predicted octanol–water partition coefficient (Wildman–Crippen LogP) is 3.82. The fourth-order valence-corrected chi connectivity index (χ4v) is 2.99. The minimum absolute atomic E-state index is 0.000170. The predicted molar refractivity (Wildman–Crippen MR) is 98.0 cm³/mol. The summed E-state index contributed by atoms with van der Waals surface area (Å²) in [6.07, 6.45) is 0. The summed E-state index contributed by atoms with van der Waals surface area (Å²) < 4.78 is 0. The second-order valence-corrected chi connectivity index (χ2v) is 6.60. The van der Waals surface area contributed by atoms with E-state index in [0.29, 0.717) is 16.2 Å². The highest BCUT2D eigenvalue weighted by atomic mass is 32.2. The number of rotatable bonds is 5. The lowest BCUT2D eigenvalue weighted by molar-refractivity contribution is -0.384. The molecule has 0 saturated carbocycles. The van der Waals surface area contributed by atoms with Gasteiger partial charge in [0.25, 0.3) is 5.69 Å². The summed E-state index contributed by atoms with van der Waals surface area (Å²) in [6, 6.07) is 10.2. The Balaban J connectivity index is 1.64. The summed E-state index contributed by atoms with van der Waals surface area (Å²) in [6.45, 7) is 4.01. The van der Waals surface area contributed by atoms with Crippen LogP contribution in [0.15, 0.2) is 41.6 Å². The van der Waals surface area contributed by atoms with Gasteiger partial charge in [-0.15, -0.1) is 0 Å². The number of imidazole rings is 1. The van der Waals surface area contributed by atoms with Gasteiger partial charge in [0.2, 0.25) is 5.91 Å². The number of nitrogens with one attached hydrogen (secondary N) is 2. The number of carbonyl (C=O) groups is 1. The Bertz CT molecular complexity index is 968. The first-order valence-electron chi connectivity index (χ1n) is 7.56. The first kappa shape index (κ1) is 17.0. The van der Waals surface area contributed by atoms with Gasteiger partial charge < -0.3 is 10.3 Å². The monoisotopic (exact) mass is 356 g/mol. The Morgan fingerprint density at radius 3 is 2.76 bits per heavy atom. The van der Waals surface area contributed by atoms with Crippen molar-refractivity contribution in [3.05, 3.63) is 57.6 Å². The van der Waals surface area contributed by atoms with E-state index >= 15 is 0 Å². The topological polar surface area (TPSA) is 101 Å². The molecule has 3 rings (SSSR count). The van der Waals surface area contributed by atoms with Crippen LogP contribution in [-0.4, -0.2) is 26.6 Å². The van der Waals surface area contributed by atoms with Crippen LogP contribution < -0.4 is 5.32 Å². The number of thioether (sulfide) groups is 1. The molecule has 1 aromatic heterocycles. The molecule has 0 fully saturated rings. The number of nitro groups is 1. The van der Waals surface area contributed by atoms with Crippen molar-refractivity contribution in [3.63, 3.8) is 0 Å². The summed E-state index contributed by atoms with van der Waals surface area (Å²) in [5.41, 5.74) is 4.25. The number of hydrogen-bond donors (Lipinski definition) is 2. The molecule has 7 nitrogen and oxygen atoms in total. The molecule has 0 aliphatic rings. The molecule has 0 unspecified atom stereocenters. The van der Waals surface area contributed by atoms with Gasteiger partial charge in [-0.25, -0.2) is 4.98 Å². The standard InChI is InChI=1S/C17H16N4O3S/c1-10-3-4-12(7-11(10)2)18-16(22)9-25-17-19-14-6-5-13(21(23)24)8-15(14)20-17/h3-8H,9H2,1-2H3,(H,18,22)(H,19,20). The van der Waals surface area contributed by atoms with Gasteiger partial charge in [0, 0.05) is 17.8 Å².